The molecule has 1 rings (SSSR count). The maximum atomic E-state index is 11.6. The molecule has 0 aromatic rings. The van der Waals surface area contributed by atoms with E-state index >= 15 is 0 Å². The number of hydrogen-bond donors (Lipinski definition) is 0. The number of ketones is 1. The molecule has 0 aromatic carbocycles. The molecule has 0 bridgehead atoms. The third kappa shape index (κ3) is 2.25. The zero-order valence-corrected chi connectivity index (χ0v) is 9.22. The fraction of sp³-hybridized carbons (Fsp3) is 0.583. The van der Waals surface area contributed by atoms with E-state index in [0.717, 1.165) is 23.3 Å². The Labute approximate surface area is 85.6 Å². The van der Waals surface area contributed by atoms with Crippen molar-refractivity contribution in [3.8, 4) is 0 Å². The van der Waals surface area contributed by atoms with Crippen molar-refractivity contribution in [2.75, 3.05) is 6.61 Å². The third-order valence-corrected chi connectivity index (χ3v) is 2.72. The van der Waals surface area contributed by atoms with Crippen LogP contribution in [-0.4, -0.2) is 12.4 Å². The highest BCUT2D eigenvalue weighted by Gasteiger charge is 2.26. The molecule has 0 N–H and O–H groups in total. The number of hydrogen-bond acceptors (Lipinski definition) is 2. The van der Waals surface area contributed by atoms with Crippen LogP contribution in [0.5, 0.6) is 0 Å². The number of carbonyl (C=O) groups excluding carboxylic acids is 1. The van der Waals surface area contributed by atoms with Crippen molar-refractivity contribution >= 4 is 5.78 Å². The number of carbonyl (C=O) groups is 1. The van der Waals surface area contributed by atoms with Gasteiger partial charge in [-0.2, -0.15) is 0 Å². The second-order valence-electron chi connectivity index (χ2n) is 3.86. The fourth-order valence-corrected chi connectivity index (χ4v) is 1.67. The van der Waals surface area contributed by atoms with E-state index in [1.54, 1.807) is 0 Å². The van der Waals surface area contributed by atoms with Crippen LogP contribution in [0.4, 0.5) is 0 Å². The summed E-state index contributed by atoms with van der Waals surface area (Å²) in [6, 6.07) is 0. The smallest absolute Gasteiger partial charge is 0.162 e. The van der Waals surface area contributed by atoms with Gasteiger partial charge in [0.15, 0.2) is 5.78 Å². The summed E-state index contributed by atoms with van der Waals surface area (Å²) in [5.74, 6) is 1.33. The van der Waals surface area contributed by atoms with Gasteiger partial charge in [-0.05, 0) is 26.7 Å². The summed E-state index contributed by atoms with van der Waals surface area (Å²) < 4.78 is 5.46. The zero-order valence-electron chi connectivity index (χ0n) is 9.22. The molecule has 0 amide bonds. The van der Waals surface area contributed by atoms with Gasteiger partial charge in [0.2, 0.25) is 0 Å². The maximum absolute atomic E-state index is 11.6. The summed E-state index contributed by atoms with van der Waals surface area (Å²) in [5.41, 5.74) is 1.87. The molecule has 78 valence electrons. The first-order chi connectivity index (χ1) is 6.56. The average Bonchev–Trinajstić information content (AvgIpc) is 2.12. The second-order valence-corrected chi connectivity index (χ2v) is 3.86. The highest BCUT2D eigenvalue weighted by molar-refractivity contribution is 5.96. The summed E-state index contributed by atoms with van der Waals surface area (Å²) in [6.45, 7) is 10.3. The van der Waals surface area contributed by atoms with Gasteiger partial charge in [0.05, 0.1) is 6.61 Å². The van der Waals surface area contributed by atoms with Crippen molar-refractivity contribution in [3.63, 3.8) is 0 Å². The Bertz CT molecular complexity index is 287. The van der Waals surface area contributed by atoms with Gasteiger partial charge in [-0.3, -0.25) is 4.79 Å². The Kier molecular flexibility index (Phi) is 3.50. The molecule has 2 nitrogen and oxygen atoms in total. The van der Waals surface area contributed by atoms with E-state index in [4.69, 9.17) is 4.74 Å². The lowest BCUT2D eigenvalue weighted by Gasteiger charge is -2.24. The van der Waals surface area contributed by atoms with Crippen molar-refractivity contribution in [3.05, 3.63) is 23.5 Å². The van der Waals surface area contributed by atoms with Crippen LogP contribution in [0, 0.1) is 5.92 Å². The number of Topliss-reactive ketones (excluding diaryl/α,β-unsaturated/α-hetero) is 1. The van der Waals surface area contributed by atoms with Crippen LogP contribution in [0.25, 0.3) is 0 Å². The van der Waals surface area contributed by atoms with Gasteiger partial charge in [0.25, 0.3) is 0 Å². The van der Waals surface area contributed by atoms with E-state index < -0.39 is 0 Å². The normalized spacial score (nSPS) is 22.5. The van der Waals surface area contributed by atoms with E-state index in [0.29, 0.717) is 13.0 Å². The first-order valence-electron chi connectivity index (χ1n) is 5.07. The average molecular weight is 194 g/mol. The minimum atomic E-state index is 0.202. The lowest BCUT2D eigenvalue weighted by atomic mass is 9.84. The SMILES string of the molecule is C=C(C)[C@@H]1CC(=O)C(C)=C(OCC)C1. The molecule has 0 saturated heterocycles. The molecule has 0 aliphatic heterocycles. The minimum Gasteiger partial charge on any atom is -0.498 e. The molecule has 0 aromatic heterocycles. The van der Waals surface area contributed by atoms with Gasteiger partial charge in [0.1, 0.15) is 5.76 Å². The summed E-state index contributed by atoms with van der Waals surface area (Å²) in [6.07, 6.45) is 1.43. The number of allylic oxidation sites excluding steroid dienone is 3. The summed E-state index contributed by atoms with van der Waals surface area (Å²) in [4.78, 5) is 11.6. The Morgan fingerprint density at radius 1 is 1.57 bits per heavy atom. The van der Waals surface area contributed by atoms with Crippen LogP contribution >= 0.6 is 0 Å². The molecule has 0 spiro atoms. The number of rotatable bonds is 3. The standard InChI is InChI=1S/C12H18O2/c1-5-14-12-7-10(8(2)3)6-11(13)9(12)4/h10H,2,5-7H2,1,3-4H3/t10-/m1/s1. The summed E-state index contributed by atoms with van der Waals surface area (Å²) in [7, 11) is 0. The second kappa shape index (κ2) is 4.45. The maximum Gasteiger partial charge on any atom is 0.162 e. The molecule has 0 fully saturated rings. The molecular formula is C12H18O2. The first-order valence-corrected chi connectivity index (χ1v) is 5.07. The Morgan fingerprint density at radius 3 is 2.71 bits per heavy atom. The predicted octanol–water partition coefficient (Wildman–Crippen LogP) is 2.85. The van der Waals surface area contributed by atoms with Crippen LogP contribution in [0.1, 0.15) is 33.6 Å². The molecule has 0 unspecified atom stereocenters. The van der Waals surface area contributed by atoms with Gasteiger partial charge >= 0.3 is 0 Å². The molecule has 2 heteroatoms. The quantitative estimate of drug-likeness (QED) is 0.646. The summed E-state index contributed by atoms with van der Waals surface area (Å²) in [5, 5.41) is 0. The van der Waals surface area contributed by atoms with Crippen LogP contribution in [0.2, 0.25) is 0 Å². The van der Waals surface area contributed by atoms with Gasteiger partial charge < -0.3 is 4.74 Å². The molecule has 0 saturated carbocycles. The largest absolute Gasteiger partial charge is 0.498 e. The molecule has 0 heterocycles. The van der Waals surface area contributed by atoms with Crippen molar-refractivity contribution < 1.29 is 9.53 Å². The molecule has 1 aliphatic rings. The Morgan fingerprint density at radius 2 is 2.21 bits per heavy atom. The van der Waals surface area contributed by atoms with Gasteiger partial charge in [0, 0.05) is 18.4 Å². The Balaban J connectivity index is 2.84. The van der Waals surface area contributed by atoms with Crippen LogP contribution < -0.4 is 0 Å². The first kappa shape index (κ1) is 11.0. The molecule has 14 heavy (non-hydrogen) atoms. The van der Waals surface area contributed by atoms with E-state index in [1.165, 1.54) is 0 Å². The van der Waals surface area contributed by atoms with Gasteiger partial charge in [-0.15, -0.1) is 0 Å². The highest BCUT2D eigenvalue weighted by Crippen LogP contribution is 2.31. The van der Waals surface area contributed by atoms with Gasteiger partial charge in [-0.25, -0.2) is 0 Å². The lowest BCUT2D eigenvalue weighted by molar-refractivity contribution is -0.117. The van der Waals surface area contributed by atoms with Crippen LogP contribution in [0.15, 0.2) is 23.5 Å². The van der Waals surface area contributed by atoms with E-state index in [9.17, 15) is 4.79 Å². The predicted molar refractivity (Wildman–Crippen MR) is 56.9 cm³/mol. The monoisotopic (exact) mass is 194 g/mol. The summed E-state index contributed by atoms with van der Waals surface area (Å²) >= 11 is 0. The van der Waals surface area contributed by atoms with E-state index in [1.807, 2.05) is 20.8 Å². The minimum absolute atomic E-state index is 0.202. The zero-order chi connectivity index (χ0) is 10.7. The van der Waals surface area contributed by atoms with Gasteiger partial charge in [-0.1, -0.05) is 12.2 Å². The lowest BCUT2D eigenvalue weighted by Crippen LogP contribution is -2.20. The van der Waals surface area contributed by atoms with Crippen molar-refractivity contribution in [2.45, 2.75) is 33.6 Å². The molecule has 0 radical (unpaired) electrons. The van der Waals surface area contributed by atoms with E-state index in [2.05, 4.69) is 6.58 Å². The van der Waals surface area contributed by atoms with Crippen LogP contribution in [0.3, 0.4) is 0 Å². The molecule has 1 atom stereocenters. The topological polar surface area (TPSA) is 26.3 Å². The highest BCUT2D eigenvalue weighted by atomic mass is 16.5. The third-order valence-electron chi connectivity index (χ3n) is 2.72. The van der Waals surface area contributed by atoms with Crippen molar-refractivity contribution in [2.24, 2.45) is 5.92 Å². The van der Waals surface area contributed by atoms with Crippen molar-refractivity contribution in [1.29, 1.82) is 0 Å². The van der Waals surface area contributed by atoms with Crippen molar-refractivity contribution in [1.82, 2.24) is 0 Å². The van der Waals surface area contributed by atoms with Crippen LogP contribution in [-0.2, 0) is 9.53 Å². The molecule has 1 aliphatic carbocycles. The fourth-order valence-electron chi connectivity index (χ4n) is 1.67. The van der Waals surface area contributed by atoms with E-state index in [-0.39, 0.29) is 11.7 Å². The Hall–Kier alpha value is -1.05. The molecular weight excluding hydrogens is 176 g/mol. The number of ether oxygens (including phenoxy) is 1.